The fourth-order valence-corrected chi connectivity index (χ4v) is 4.54. The topological polar surface area (TPSA) is 90.9 Å². The Morgan fingerprint density at radius 3 is 2.58 bits per heavy atom. The largest absolute Gasteiger partial charge is 0.491 e. The molecule has 0 saturated carbocycles. The molecule has 1 unspecified atom stereocenters. The summed E-state index contributed by atoms with van der Waals surface area (Å²) in [5.41, 5.74) is -0.503. The van der Waals surface area contributed by atoms with Gasteiger partial charge in [0, 0.05) is 21.7 Å². The minimum atomic E-state index is -1.45. The molecule has 0 spiro atoms. The summed E-state index contributed by atoms with van der Waals surface area (Å²) in [7, 11) is 0. The summed E-state index contributed by atoms with van der Waals surface area (Å²) in [4.78, 5) is 39.0. The molecule has 8 heteroatoms. The summed E-state index contributed by atoms with van der Waals surface area (Å²) in [6.07, 6.45) is -1.55. The normalized spacial score (nSPS) is 23.2. The summed E-state index contributed by atoms with van der Waals surface area (Å²) in [6, 6.07) is 12.1. The maximum Gasteiger partial charge on any atom is 0.348 e. The third-order valence-electron chi connectivity index (χ3n) is 5.96. The molecule has 2 aliphatic rings. The van der Waals surface area contributed by atoms with Crippen molar-refractivity contribution in [1.29, 1.82) is 0 Å². The smallest absolute Gasteiger partial charge is 0.348 e. The lowest BCUT2D eigenvalue weighted by molar-refractivity contribution is -0.164. The van der Waals surface area contributed by atoms with Crippen LogP contribution in [0.4, 0.5) is 5.69 Å². The fraction of sp³-hybridized carbons (Fsp3) is 0.400. The molecule has 4 rings (SSSR count). The number of amides is 1. The summed E-state index contributed by atoms with van der Waals surface area (Å²) >= 11 is 6.29. The molecule has 2 aromatic carbocycles. The number of esters is 2. The van der Waals surface area contributed by atoms with Gasteiger partial charge in [0.15, 0.2) is 0 Å². The summed E-state index contributed by atoms with van der Waals surface area (Å²) < 4.78 is 16.7. The molecule has 0 radical (unpaired) electrons. The van der Waals surface area contributed by atoms with Crippen molar-refractivity contribution in [2.75, 3.05) is 11.9 Å². The van der Waals surface area contributed by atoms with E-state index in [1.807, 2.05) is 13.8 Å². The van der Waals surface area contributed by atoms with E-state index < -0.39 is 34.8 Å². The molecule has 0 aliphatic carbocycles. The van der Waals surface area contributed by atoms with E-state index in [1.54, 1.807) is 56.3 Å². The van der Waals surface area contributed by atoms with Gasteiger partial charge < -0.3 is 19.5 Å². The number of carbonyl (C=O) groups is 3. The number of cyclic esters (lactones) is 1. The Kier molecular flexibility index (Phi) is 5.86. The van der Waals surface area contributed by atoms with Crippen molar-refractivity contribution < 1.29 is 28.6 Å². The maximum atomic E-state index is 13.6. The number of hydrogen-bond donors (Lipinski definition) is 1. The quantitative estimate of drug-likeness (QED) is 0.633. The number of ether oxygens (including phenoxy) is 3. The van der Waals surface area contributed by atoms with Crippen molar-refractivity contribution in [2.24, 2.45) is 5.41 Å². The Morgan fingerprint density at radius 1 is 1.18 bits per heavy atom. The number of rotatable bonds is 6. The van der Waals surface area contributed by atoms with Crippen molar-refractivity contribution >= 4 is 35.1 Å². The van der Waals surface area contributed by atoms with E-state index in [0.29, 0.717) is 27.6 Å². The molecular formula is C25H26ClNO6. The lowest BCUT2D eigenvalue weighted by Crippen LogP contribution is -2.41. The van der Waals surface area contributed by atoms with Gasteiger partial charge in [-0.2, -0.15) is 0 Å². The highest BCUT2D eigenvalue weighted by Crippen LogP contribution is 2.49. The van der Waals surface area contributed by atoms with Gasteiger partial charge in [0.2, 0.25) is 12.0 Å². The van der Waals surface area contributed by atoms with Crippen LogP contribution >= 0.6 is 11.6 Å². The number of para-hydroxylation sites is 1. The van der Waals surface area contributed by atoms with E-state index in [2.05, 4.69) is 5.32 Å². The average Bonchev–Trinajstić information content (AvgIpc) is 3.15. The van der Waals surface area contributed by atoms with E-state index in [4.69, 9.17) is 25.8 Å². The molecule has 33 heavy (non-hydrogen) atoms. The predicted octanol–water partition coefficient (Wildman–Crippen LogP) is 4.25. The fourth-order valence-electron chi connectivity index (χ4n) is 4.37. The van der Waals surface area contributed by atoms with Crippen LogP contribution in [-0.4, -0.2) is 36.7 Å². The second-order valence-corrected chi connectivity index (χ2v) is 9.79. The monoisotopic (exact) mass is 471 g/mol. The zero-order chi connectivity index (χ0) is 24.0. The van der Waals surface area contributed by atoms with E-state index in [-0.39, 0.29) is 19.1 Å². The van der Waals surface area contributed by atoms with Gasteiger partial charge in [0.25, 0.3) is 0 Å². The first kappa shape index (κ1) is 23.1. The van der Waals surface area contributed by atoms with Gasteiger partial charge >= 0.3 is 11.9 Å². The highest BCUT2D eigenvalue weighted by Gasteiger charge is 2.53. The van der Waals surface area contributed by atoms with Gasteiger partial charge in [-0.3, -0.25) is 9.59 Å². The second-order valence-electron chi connectivity index (χ2n) is 9.36. The Morgan fingerprint density at radius 2 is 1.91 bits per heavy atom. The predicted molar refractivity (Wildman–Crippen MR) is 122 cm³/mol. The lowest BCUT2D eigenvalue weighted by Gasteiger charge is -2.31. The molecule has 174 valence electrons. The number of fused-ring (bicyclic) bond motifs is 1. The van der Waals surface area contributed by atoms with E-state index in [9.17, 15) is 14.4 Å². The standard InChI is InChI=1S/C25H26ClNO6/c1-14(2)32-19-8-6-5-7-16(19)25(17-11-15(26)9-10-18(17)27-23(25)30)12-20(28)33-21-22(29)31-13-24(21,3)4/h5-11,14,21H,12-13H2,1-4H3,(H,27,30)/t21-,25?/m0/s1. The Labute approximate surface area is 197 Å². The maximum absolute atomic E-state index is 13.6. The first-order chi connectivity index (χ1) is 15.5. The highest BCUT2D eigenvalue weighted by molar-refractivity contribution is 6.31. The number of nitrogens with one attached hydrogen (secondary N) is 1. The zero-order valence-corrected chi connectivity index (χ0v) is 19.7. The molecule has 2 aliphatic heterocycles. The van der Waals surface area contributed by atoms with Crippen LogP contribution in [0.25, 0.3) is 0 Å². The molecule has 1 amide bonds. The van der Waals surface area contributed by atoms with Crippen LogP contribution in [0, 0.1) is 5.41 Å². The average molecular weight is 472 g/mol. The van der Waals surface area contributed by atoms with Crippen LogP contribution in [0.5, 0.6) is 5.75 Å². The van der Waals surface area contributed by atoms with E-state index in [0.717, 1.165) is 0 Å². The Balaban J connectivity index is 1.81. The third-order valence-corrected chi connectivity index (χ3v) is 6.19. The van der Waals surface area contributed by atoms with Crippen molar-refractivity contribution in [3.05, 3.63) is 58.6 Å². The van der Waals surface area contributed by atoms with Crippen LogP contribution in [0.15, 0.2) is 42.5 Å². The molecule has 2 atom stereocenters. The molecule has 7 nitrogen and oxygen atoms in total. The summed E-state index contributed by atoms with van der Waals surface area (Å²) in [6.45, 7) is 7.48. The van der Waals surface area contributed by atoms with Crippen molar-refractivity contribution in [3.8, 4) is 5.75 Å². The molecule has 1 fully saturated rings. The number of halogens is 1. The number of carbonyl (C=O) groups excluding carboxylic acids is 3. The molecule has 0 aromatic heterocycles. The van der Waals surface area contributed by atoms with Crippen molar-refractivity contribution in [3.63, 3.8) is 0 Å². The van der Waals surface area contributed by atoms with Crippen LogP contribution < -0.4 is 10.1 Å². The lowest BCUT2D eigenvalue weighted by atomic mass is 9.72. The second kappa shape index (κ2) is 8.37. The third kappa shape index (κ3) is 4.06. The molecule has 1 saturated heterocycles. The Hall–Kier alpha value is -3.06. The summed E-state index contributed by atoms with van der Waals surface area (Å²) in [5, 5.41) is 3.29. The van der Waals surface area contributed by atoms with Crippen molar-refractivity contribution in [2.45, 2.75) is 51.7 Å². The number of anilines is 1. The summed E-state index contributed by atoms with van der Waals surface area (Å²) in [5.74, 6) is -1.21. The minimum absolute atomic E-state index is 0.152. The molecule has 2 aromatic rings. The van der Waals surface area contributed by atoms with Crippen LogP contribution in [0.1, 0.15) is 45.2 Å². The highest BCUT2D eigenvalue weighted by atomic mass is 35.5. The molecule has 1 N–H and O–H groups in total. The van der Waals surface area contributed by atoms with Gasteiger partial charge in [-0.25, -0.2) is 4.79 Å². The first-order valence-electron chi connectivity index (χ1n) is 10.8. The Bertz CT molecular complexity index is 1130. The number of hydrogen-bond acceptors (Lipinski definition) is 6. The van der Waals surface area contributed by atoms with E-state index in [1.165, 1.54) is 0 Å². The van der Waals surface area contributed by atoms with Crippen LogP contribution in [0.3, 0.4) is 0 Å². The van der Waals surface area contributed by atoms with Crippen molar-refractivity contribution in [1.82, 2.24) is 0 Å². The van der Waals surface area contributed by atoms with Gasteiger partial charge in [-0.1, -0.05) is 43.6 Å². The van der Waals surface area contributed by atoms with Gasteiger partial charge in [-0.15, -0.1) is 0 Å². The molecular weight excluding hydrogens is 446 g/mol. The number of benzene rings is 2. The van der Waals surface area contributed by atoms with Gasteiger partial charge in [-0.05, 0) is 43.7 Å². The van der Waals surface area contributed by atoms with Crippen LogP contribution in [0.2, 0.25) is 5.02 Å². The van der Waals surface area contributed by atoms with Crippen LogP contribution in [-0.2, 0) is 29.3 Å². The minimum Gasteiger partial charge on any atom is -0.491 e. The van der Waals surface area contributed by atoms with Gasteiger partial charge in [0.1, 0.15) is 17.8 Å². The van der Waals surface area contributed by atoms with E-state index >= 15 is 0 Å². The zero-order valence-electron chi connectivity index (χ0n) is 18.9. The first-order valence-corrected chi connectivity index (χ1v) is 11.2. The molecule has 0 bridgehead atoms. The SMILES string of the molecule is CC(C)Oc1ccccc1C1(CC(=O)O[C@H]2C(=O)OCC2(C)C)C(=O)Nc2ccc(Cl)cc21. The molecule has 2 heterocycles. The van der Waals surface area contributed by atoms with Gasteiger partial charge in [0.05, 0.1) is 12.5 Å².